The van der Waals surface area contributed by atoms with Gasteiger partial charge >= 0.3 is 17.5 Å². The van der Waals surface area contributed by atoms with Gasteiger partial charge < -0.3 is 14.8 Å². The highest BCUT2D eigenvalue weighted by Crippen LogP contribution is 2.39. The van der Waals surface area contributed by atoms with Crippen LogP contribution in [0.4, 0.5) is 0 Å². The molecule has 1 unspecified atom stereocenters. The third-order valence-electron chi connectivity index (χ3n) is 3.80. The molecule has 1 atom stereocenters. The maximum atomic E-state index is 12.8. The van der Waals surface area contributed by atoms with Gasteiger partial charge in [0.05, 0.1) is 12.7 Å². The number of esters is 2. The number of nitrogens with one attached hydrogen (secondary N) is 1. The van der Waals surface area contributed by atoms with E-state index in [2.05, 4.69) is 10.1 Å². The van der Waals surface area contributed by atoms with E-state index in [0.29, 0.717) is 0 Å². The van der Waals surface area contributed by atoms with Gasteiger partial charge in [0.1, 0.15) is 5.70 Å². The van der Waals surface area contributed by atoms with Gasteiger partial charge in [-0.3, -0.25) is 19.2 Å². The molecular weight excluding hydrogens is 318 g/mol. The van der Waals surface area contributed by atoms with Crippen molar-refractivity contribution in [3.63, 3.8) is 0 Å². The number of hydrogen-bond acceptors (Lipinski definition) is 7. The largest absolute Gasteiger partial charge is 0.465 e. The molecule has 0 spiro atoms. The molecule has 0 saturated carbocycles. The minimum Gasteiger partial charge on any atom is -0.465 e. The first kappa shape index (κ1) is 15.6. The normalized spacial score (nSPS) is 21.8. The first-order valence-electron chi connectivity index (χ1n) is 6.87. The number of carbonyl (C=O) groups excluding carboxylic acids is 5. The number of carbonyl (C=O) groups is 5. The van der Waals surface area contributed by atoms with Gasteiger partial charge in [0.25, 0.3) is 5.91 Å². The molecule has 1 heterocycles. The summed E-state index contributed by atoms with van der Waals surface area (Å²) in [7, 11) is 0.975. The van der Waals surface area contributed by atoms with Crippen LogP contribution in [0.2, 0.25) is 0 Å². The Balaban J connectivity index is 2.29. The van der Waals surface area contributed by atoms with Crippen molar-refractivity contribution in [2.24, 2.45) is 0 Å². The number of methoxy groups -OCH3 is 1. The smallest absolute Gasteiger partial charge is 0.365 e. The van der Waals surface area contributed by atoms with Gasteiger partial charge in [0, 0.05) is 18.1 Å². The summed E-state index contributed by atoms with van der Waals surface area (Å²) in [6, 6.07) is 5.91. The van der Waals surface area contributed by atoms with Gasteiger partial charge in [-0.1, -0.05) is 24.3 Å². The molecule has 3 rings (SSSR count). The van der Waals surface area contributed by atoms with Crippen molar-refractivity contribution in [3.05, 3.63) is 46.7 Å². The van der Waals surface area contributed by atoms with Crippen LogP contribution in [0.15, 0.2) is 35.5 Å². The first-order valence-corrected chi connectivity index (χ1v) is 6.87. The summed E-state index contributed by atoms with van der Waals surface area (Å²) in [5.41, 5.74) is -3.44. The quantitative estimate of drug-likeness (QED) is 0.596. The van der Waals surface area contributed by atoms with Crippen LogP contribution >= 0.6 is 0 Å². The molecule has 0 aromatic heterocycles. The Bertz CT molecular complexity index is 867. The number of ether oxygens (including phenoxy) is 2. The van der Waals surface area contributed by atoms with E-state index in [-0.39, 0.29) is 16.8 Å². The van der Waals surface area contributed by atoms with Crippen molar-refractivity contribution >= 4 is 29.4 Å². The van der Waals surface area contributed by atoms with Gasteiger partial charge in [-0.05, 0) is 0 Å². The molecule has 1 N–H and O–H groups in total. The van der Waals surface area contributed by atoms with E-state index in [0.717, 1.165) is 14.0 Å². The van der Waals surface area contributed by atoms with Crippen LogP contribution in [0.5, 0.6) is 0 Å². The number of amides is 1. The monoisotopic (exact) mass is 329 g/mol. The maximum absolute atomic E-state index is 12.8. The lowest BCUT2D eigenvalue weighted by Crippen LogP contribution is -2.53. The molecule has 0 saturated heterocycles. The highest BCUT2D eigenvalue weighted by molar-refractivity contribution is 6.36. The fourth-order valence-electron chi connectivity index (χ4n) is 2.84. The standard InChI is InChI=1S/C16H11NO7/c1-7(18)24-16(15(22)23-2)10-11(17-14(16)21)13(20)9-6-4-3-5-8(9)12(10)19/h3-6H,1-2H3,(H,17,21). The van der Waals surface area contributed by atoms with Crippen LogP contribution in [0.3, 0.4) is 0 Å². The van der Waals surface area contributed by atoms with E-state index in [1.807, 2.05) is 0 Å². The van der Waals surface area contributed by atoms with Crippen LogP contribution in [-0.4, -0.2) is 42.1 Å². The minimum atomic E-state index is -2.63. The number of allylic oxidation sites excluding steroid dienone is 1. The number of Topliss-reactive ketones (excluding diaryl/α,β-unsaturated/α-hetero) is 2. The molecule has 24 heavy (non-hydrogen) atoms. The summed E-state index contributed by atoms with van der Waals surface area (Å²) in [4.78, 5) is 61.5. The SMILES string of the molecule is COC(=O)C1(OC(C)=O)C(=O)NC2=C1C(=O)c1ccccc1C2=O. The number of hydrogen-bond donors (Lipinski definition) is 1. The Hall–Kier alpha value is -3.29. The Kier molecular flexibility index (Phi) is 3.33. The summed E-state index contributed by atoms with van der Waals surface area (Å²) < 4.78 is 9.47. The third-order valence-corrected chi connectivity index (χ3v) is 3.80. The molecule has 0 bridgehead atoms. The molecule has 1 aromatic carbocycles. The zero-order chi connectivity index (χ0) is 17.6. The van der Waals surface area contributed by atoms with Crippen molar-refractivity contribution in [3.8, 4) is 0 Å². The van der Waals surface area contributed by atoms with E-state index < -0.39 is 40.6 Å². The molecule has 8 heteroatoms. The summed E-state index contributed by atoms with van der Waals surface area (Å²) in [6.07, 6.45) is 0. The fraction of sp³-hybridized carbons (Fsp3) is 0.188. The molecule has 1 aliphatic heterocycles. The summed E-state index contributed by atoms with van der Waals surface area (Å²) in [5.74, 6) is -4.77. The molecular formula is C16H11NO7. The Morgan fingerprint density at radius 3 is 2.17 bits per heavy atom. The van der Waals surface area contributed by atoms with Crippen molar-refractivity contribution in [2.45, 2.75) is 12.5 Å². The molecule has 0 fully saturated rings. The Labute approximate surface area is 135 Å². The molecule has 8 nitrogen and oxygen atoms in total. The van der Waals surface area contributed by atoms with Gasteiger partial charge in [0.15, 0.2) is 5.78 Å². The van der Waals surface area contributed by atoms with Crippen LogP contribution in [0.1, 0.15) is 27.6 Å². The maximum Gasteiger partial charge on any atom is 0.365 e. The molecule has 1 aromatic rings. The molecule has 122 valence electrons. The van der Waals surface area contributed by atoms with Crippen LogP contribution < -0.4 is 5.32 Å². The van der Waals surface area contributed by atoms with E-state index in [9.17, 15) is 24.0 Å². The minimum absolute atomic E-state index is 0.0122. The van der Waals surface area contributed by atoms with Crippen molar-refractivity contribution < 1.29 is 33.4 Å². The van der Waals surface area contributed by atoms with Crippen molar-refractivity contribution in [2.75, 3.05) is 7.11 Å². The van der Waals surface area contributed by atoms with Crippen LogP contribution in [0.25, 0.3) is 0 Å². The Morgan fingerprint density at radius 2 is 1.62 bits per heavy atom. The molecule has 2 aliphatic rings. The second-order valence-electron chi connectivity index (χ2n) is 5.17. The zero-order valence-electron chi connectivity index (χ0n) is 12.7. The van der Waals surface area contributed by atoms with Gasteiger partial charge in [0.2, 0.25) is 5.78 Å². The average Bonchev–Trinajstić information content (AvgIpc) is 2.85. The van der Waals surface area contributed by atoms with E-state index >= 15 is 0 Å². The van der Waals surface area contributed by atoms with E-state index in [1.54, 1.807) is 6.07 Å². The summed E-state index contributed by atoms with van der Waals surface area (Å²) >= 11 is 0. The highest BCUT2D eigenvalue weighted by Gasteiger charge is 2.64. The second-order valence-corrected chi connectivity index (χ2v) is 5.17. The lowest BCUT2D eigenvalue weighted by atomic mass is 9.81. The van der Waals surface area contributed by atoms with Gasteiger partial charge in [-0.15, -0.1) is 0 Å². The zero-order valence-corrected chi connectivity index (χ0v) is 12.7. The predicted octanol–water partition coefficient (Wildman–Crippen LogP) is -0.0756. The second kappa shape index (κ2) is 5.12. The third kappa shape index (κ3) is 1.82. The predicted molar refractivity (Wildman–Crippen MR) is 76.8 cm³/mol. The highest BCUT2D eigenvalue weighted by atomic mass is 16.6. The summed E-state index contributed by atoms with van der Waals surface area (Å²) in [5, 5.41) is 2.18. The molecule has 0 radical (unpaired) electrons. The van der Waals surface area contributed by atoms with Crippen LogP contribution in [-0.2, 0) is 23.9 Å². The number of ketones is 2. The fourth-order valence-corrected chi connectivity index (χ4v) is 2.84. The summed E-state index contributed by atoms with van der Waals surface area (Å²) in [6.45, 7) is 0.972. The number of rotatable bonds is 2. The number of fused-ring (bicyclic) bond motifs is 1. The average molecular weight is 329 g/mol. The first-order chi connectivity index (χ1) is 11.3. The van der Waals surface area contributed by atoms with Crippen molar-refractivity contribution in [1.82, 2.24) is 5.32 Å². The molecule has 1 aliphatic carbocycles. The molecule has 1 amide bonds. The van der Waals surface area contributed by atoms with Gasteiger partial charge in [-0.2, -0.15) is 0 Å². The lowest BCUT2D eigenvalue weighted by Gasteiger charge is -2.26. The van der Waals surface area contributed by atoms with E-state index in [4.69, 9.17) is 4.74 Å². The van der Waals surface area contributed by atoms with Crippen molar-refractivity contribution in [1.29, 1.82) is 0 Å². The van der Waals surface area contributed by atoms with Crippen LogP contribution in [0, 0.1) is 0 Å². The topological polar surface area (TPSA) is 116 Å². The number of benzene rings is 1. The van der Waals surface area contributed by atoms with Gasteiger partial charge in [-0.25, -0.2) is 4.79 Å². The van der Waals surface area contributed by atoms with E-state index in [1.165, 1.54) is 18.2 Å². The lowest BCUT2D eigenvalue weighted by molar-refractivity contribution is -0.177. The Morgan fingerprint density at radius 1 is 1.04 bits per heavy atom.